The molecule has 2 fully saturated rings. The van der Waals surface area contributed by atoms with Gasteiger partial charge in [0.15, 0.2) is 34.7 Å². The molecule has 1 amide bonds. The number of carbonyl (C=O) groups excluding carboxylic acids is 5. The molecule has 36 heavy (non-hydrogen) atoms. The Labute approximate surface area is 209 Å². The fourth-order valence-corrected chi connectivity index (χ4v) is 6.41. The second-order valence-electron chi connectivity index (χ2n) is 10.9. The summed E-state index contributed by atoms with van der Waals surface area (Å²) >= 11 is 0. The van der Waals surface area contributed by atoms with Crippen molar-refractivity contribution in [3.8, 4) is 5.75 Å². The van der Waals surface area contributed by atoms with Gasteiger partial charge in [0.25, 0.3) is 0 Å². The van der Waals surface area contributed by atoms with Gasteiger partial charge in [-0.25, -0.2) is 0 Å². The summed E-state index contributed by atoms with van der Waals surface area (Å²) < 4.78 is 0. The number of fused-ring (bicyclic) bond motifs is 3. The van der Waals surface area contributed by atoms with Crippen molar-refractivity contribution in [1.82, 2.24) is 4.90 Å². The zero-order valence-electron chi connectivity index (χ0n) is 21.0. The normalized spacial score (nSPS) is 29.8. The van der Waals surface area contributed by atoms with Crippen molar-refractivity contribution >= 4 is 34.7 Å². The molecule has 2 saturated carbocycles. The average molecular weight is 500 g/mol. The number of nitrogens with zero attached hydrogens (tertiary/aromatic N) is 1. The van der Waals surface area contributed by atoms with Gasteiger partial charge < -0.3 is 26.2 Å². The number of rotatable bonds is 6. The smallest absolute Gasteiger partial charge is 0.235 e. The molecule has 5 atom stereocenters. The molecule has 1 aromatic rings. The maximum absolute atomic E-state index is 13.8. The number of phenols is 1. The van der Waals surface area contributed by atoms with Crippen LogP contribution in [0.2, 0.25) is 0 Å². The predicted octanol–water partition coefficient (Wildman–Crippen LogP) is 0.456. The Morgan fingerprint density at radius 1 is 1.22 bits per heavy atom. The molecule has 10 nitrogen and oxygen atoms in total. The van der Waals surface area contributed by atoms with Crippen molar-refractivity contribution < 1.29 is 34.2 Å². The number of ketones is 4. The van der Waals surface area contributed by atoms with Crippen LogP contribution in [0.1, 0.15) is 48.2 Å². The standard InChI is InChI=1S/C26H33N3O7/c1-11(2)9-29(4)10-13-7-16(28-3)15-6-12-5-14-8-17(30)20(25(27)35)24(34)26(14,36)23(33)18(12)22(32)19(15)21(13)31/h7,11-12,14,18,20,28,31,36H,5-6,8-10H2,1-4H3,(H2,27,35)/t12-,14+,18?,20?,26+/m1/s1. The largest absolute Gasteiger partial charge is 0.507 e. The van der Waals surface area contributed by atoms with E-state index >= 15 is 0 Å². The highest BCUT2D eigenvalue weighted by Gasteiger charge is 2.66. The van der Waals surface area contributed by atoms with Crippen molar-refractivity contribution in [2.75, 3.05) is 26.0 Å². The predicted molar refractivity (Wildman–Crippen MR) is 129 cm³/mol. The average Bonchev–Trinajstić information content (AvgIpc) is 2.77. The summed E-state index contributed by atoms with van der Waals surface area (Å²) in [5.74, 6) is -9.59. The second kappa shape index (κ2) is 9.08. The maximum Gasteiger partial charge on any atom is 0.235 e. The SMILES string of the molecule is CNc1cc(CN(C)CC(C)C)c(O)c2c1C[C@H]1C[C@H]3CC(=O)C(C(N)=O)C(=O)[C@@]3(O)C(=O)C1C2=O. The number of benzene rings is 1. The van der Waals surface area contributed by atoms with Gasteiger partial charge in [-0.15, -0.1) is 0 Å². The van der Waals surface area contributed by atoms with Crippen LogP contribution in [-0.4, -0.2) is 70.4 Å². The fourth-order valence-electron chi connectivity index (χ4n) is 6.41. The topological polar surface area (TPSA) is 167 Å². The van der Waals surface area contributed by atoms with Crippen molar-refractivity contribution in [3.63, 3.8) is 0 Å². The third-order valence-electron chi connectivity index (χ3n) is 7.87. The van der Waals surface area contributed by atoms with E-state index in [1.807, 2.05) is 11.9 Å². The molecule has 3 aliphatic rings. The fraction of sp³-hybridized carbons (Fsp3) is 0.577. The van der Waals surface area contributed by atoms with E-state index in [2.05, 4.69) is 19.2 Å². The highest BCUT2D eigenvalue weighted by molar-refractivity contribution is 6.31. The summed E-state index contributed by atoms with van der Waals surface area (Å²) in [6.07, 6.45) is -0.0293. The number of phenolic OH excluding ortho intramolecular Hbond substituents is 1. The van der Waals surface area contributed by atoms with E-state index in [0.29, 0.717) is 29.3 Å². The zero-order chi connectivity index (χ0) is 26.7. The molecule has 4 rings (SSSR count). The van der Waals surface area contributed by atoms with E-state index in [4.69, 9.17) is 5.73 Å². The highest BCUT2D eigenvalue weighted by Crippen LogP contribution is 2.51. The van der Waals surface area contributed by atoms with E-state index in [-0.39, 0.29) is 30.6 Å². The second-order valence-corrected chi connectivity index (χ2v) is 10.9. The molecule has 0 saturated heterocycles. The summed E-state index contributed by atoms with van der Waals surface area (Å²) in [5, 5.41) is 25.5. The first-order valence-corrected chi connectivity index (χ1v) is 12.2. The number of primary amides is 1. The van der Waals surface area contributed by atoms with E-state index in [1.54, 1.807) is 13.1 Å². The Morgan fingerprint density at radius 3 is 2.47 bits per heavy atom. The van der Waals surface area contributed by atoms with Gasteiger partial charge >= 0.3 is 0 Å². The highest BCUT2D eigenvalue weighted by atomic mass is 16.3. The summed E-state index contributed by atoms with van der Waals surface area (Å²) in [6.45, 7) is 5.27. The number of hydrogen-bond donors (Lipinski definition) is 4. The molecule has 0 spiro atoms. The number of aliphatic hydroxyl groups is 1. The zero-order valence-corrected chi connectivity index (χ0v) is 21.0. The van der Waals surface area contributed by atoms with Gasteiger partial charge in [0.05, 0.1) is 11.5 Å². The summed E-state index contributed by atoms with van der Waals surface area (Å²) in [7, 11) is 3.61. The van der Waals surface area contributed by atoms with Crippen molar-refractivity contribution in [1.29, 1.82) is 0 Å². The number of anilines is 1. The Hall–Kier alpha value is -3.11. The van der Waals surface area contributed by atoms with Crippen molar-refractivity contribution in [3.05, 3.63) is 22.8 Å². The van der Waals surface area contributed by atoms with Crippen LogP contribution in [-0.2, 0) is 32.1 Å². The lowest BCUT2D eigenvalue weighted by molar-refractivity contribution is -0.175. The summed E-state index contributed by atoms with van der Waals surface area (Å²) in [6, 6.07) is 1.80. The first-order valence-electron chi connectivity index (χ1n) is 12.2. The Kier molecular flexibility index (Phi) is 6.55. The quantitative estimate of drug-likeness (QED) is 0.321. The van der Waals surface area contributed by atoms with Gasteiger partial charge in [-0.05, 0) is 43.4 Å². The third-order valence-corrected chi connectivity index (χ3v) is 7.87. The molecule has 3 aliphatic carbocycles. The molecular formula is C26H33N3O7. The van der Waals surface area contributed by atoms with E-state index < -0.39 is 58.3 Å². The van der Waals surface area contributed by atoms with Crippen LogP contribution in [0.3, 0.4) is 0 Å². The van der Waals surface area contributed by atoms with Crippen LogP contribution < -0.4 is 11.1 Å². The monoisotopic (exact) mass is 499 g/mol. The van der Waals surface area contributed by atoms with Gasteiger partial charge in [0.2, 0.25) is 5.91 Å². The van der Waals surface area contributed by atoms with E-state index in [9.17, 15) is 34.2 Å². The Bertz CT molecular complexity index is 1180. The minimum atomic E-state index is -2.64. The molecule has 2 unspecified atom stereocenters. The van der Waals surface area contributed by atoms with Crippen LogP contribution in [0, 0.1) is 29.6 Å². The number of hydrogen-bond acceptors (Lipinski definition) is 9. The number of carbonyl (C=O) groups is 5. The van der Waals surface area contributed by atoms with Crippen LogP contribution >= 0.6 is 0 Å². The molecular weight excluding hydrogens is 466 g/mol. The van der Waals surface area contributed by atoms with E-state index in [1.165, 1.54) is 0 Å². The first-order chi connectivity index (χ1) is 16.8. The minimum Gasteiger partial charge on any atom is -0.507 e. The van der Waals surface area contributed by atoms with Crippen molar-refractivity contribution in [2.45, 2.75) is 45.3 Å². The van der Waals surface area contributed by atoms with Crippen LogP contribution in [0.15, 0.2) is 6.07 Å². The molecule has 0 aromatic heterocycles. The number of nitrogens with two attached hydrogens (primary N) is 1. The Balaban J connectivity index is 1.77. The molecule has 194 valence electrons. The van der Waals surface area contributed by atoms with Gasteiger partial charge in [-0.2, -0.15) is 0 Å². The Morgan fingerprint density at radius 2 is 1.89 bits per heavy atom. The van der Waals surface area contributed by atoms with Gasteiger partial charge in [0, 0.05) is 43.7 Å². The lowest BCUT2D eigenvalue weighted by Gasteiger charge is -2.48. The maximum atomic E-state index is 13.8. The van der Waals surface area contributed by atoms with Gasteiger partial charge in [-0.3, -0.25) is 24.0 Å². The lowest BCUT2D eigenvalue weighted by atomic mass is 9.53. The van der Waals surface area contributed by atoms with Crippen LogP contribution in [0.5, 0.6) is 5.75 Å². The number of nitrogens with one attached hydrogen (secondary N) is 1. The molecule has 0 aliphatic heterocycles. The number of Topliss-reactive ketones (excluding diaryl/α,β-unsaturated/α-hetero) is 4. The molecule has 10 heteroatoms. The molecule has 1 aromatic carbocycles. The molecule has 5 N–H and O–H groups in total. The summed E-state index contributed by atoms with van der Waals surface area (Å²) in [5.41, 5.74) is 4.33. The third kappa shape index (κ3) is 3.83. The van der Waals surface area contributed by atoms with Crippen LogP contribution in [0.4, 0.5) is 5.69 Å². The molecule has 0 bridgehead atoms. The van der Waals surface area contributed by atoms with Gasteiger partial charge in [0.1, 0.15) is 5.75 Å². The van der Waals surface area contributed by atoms with Crippen molar-refractivity contribution in [2.24, 2.45) is 35.3 Å². The first kappa shape index (κ1) is 26.0. The summed E-state index contributed by atoms with van der Waals surface area (Å²) in [4.78, 5) is 66.6. The minimum absolute atomic E-state index is 0.0113. The molecule has 0 heterocycles. The lowest BCUT2D eigenvalue weighted by Crippen LogP contribution is -2.68. The van der Waals surface area contributed by atoms with E-state index in [0.717, 1.165) is 6.54 Å². The van der Waals surface area contributed by atoms with Gasteiger partial charge in [-0.1, -0.05) is 13.8 Å². The van der Waals surface area contributed by atoms with Crippen LogP contribution in [0.25, 0.3) is 0 Å². The number of amides is 1. The number of aromatic hydroxyl groups is 1. The molecule has 0 radical (unpaired) electrons.